The number of rotatable bonds is 3. The maximum absolute atomic E-state index is 13.6. The van der Waals surface area contributed by atoms with Gasteiger partial charge in [0, 0.05) is 13.1 Å². The minimum Gasteiger partial charge on any atom is -0.468 e. The van der Waals surface area contributed by atoms with Crippen molar-refractivity contribution in [1.29, 1.82) is 0 Å². The second kappa shape index (κ2) is 5.64. The van der Waals surface area contributed by atoms with Gasteiger partial charge in [0.15, 0.2) is 5.54 Å². The molecule has 1 aromatic rings. The van der Waals surface area contributed by atoms with Crippen LogP contribution in [0.4, 0.5) is 4.39 Å². The summed E-state index contributed by atoms with van der Waals surface area (Å²) in [6.07, 6.45) is 0. The van der Waals surface area contributed by atoms with Gasteiger partial charge in [-0.25, -0.2) is 9.18 Å². The van der Waals surface area contributed by atoms with E-state index in [2.05, 4.69) is 5.32 Å². The predicted molar refractivity (Wildman–Crippen MR) is 78.9 cm³/mol. The Labute approximate surface area is 137 Å². The molecule has 2 amide bonds. The van der Waals surface area contributed by atoms with E-state index in [1.807, 2.05) is 0 Å². The zero-order valence-corrected chi connectivity index (χ0v) is 13.2. The van der Waals surface area contributed by atoms with E-state index in [-0.39, 0.29) is 0 Å². The smallest absolute Gasteiger partial charge is 0.329 e. The van der Waals surface area contributed by atoms with Crippen molar-refractivity contribution >= 4 is 17.8 Å². The van der Waals surface area contributed by atoms with Crippen LogP contribution in [0.3, 0.4) is 0 Å². The molecule has 0 radical (unpaired) electrons. The molecule has 24 heavy (non-hydrogen) atoms. The minimum atomic E-state index is -1.74. The van der Waals surface area contributed by atoms with Crippen LogP contribution in [0, 0.1) is 17.7 Å². The molecule has 8 heteroatoms. The number of aliphatic hydroxyl groups excluding tert-OH is 1. The molecule has 128 valence electrons. The molecule has 0 unspecified atom stereocenters. The number of fused-ring (bicyclic) bond motifs is 1. The van der Waals surface area contributed by atoms with Gasteiger partial charge in [0.2, 0.25) is 11.8 Å². The Morgan fingerprint density at radius 3 is 2.71 bits per heavy atom. The van der Waals surface area contributed by atoms with Crippen LogP contribution in [0.5, 0.6) is 0 Å². The van der Waals surface area contributed by atoms with Crippen LogP contribution in [-0.2, 0) is 19.1 Å². The van der Waals surface area contributed by atoms with Crippen LogP contribution in [0.15, 0.2) is 24.3 Å². The lowest BCUT2D eigenvalue weighted by Gasteiger charge is -2.29. The molecule has 0 saturated carbocycles. The van der Waals surface area contributed by atoms with E-state index < -0.39 is 53.6 Å². The maximum atomic E-state index is 13.6. The summed E-state index contributed by atoms with van der Waals surface area (Å²) in [7, 11) is 2.46. The molecule has 3 rings (SSSR count). The largest absolute Gasteiger partial charge is 0.468 e. The van der Waals surface area contributed by atoms with Crippen molar-refractivity contribution in [2.24, 2.45) is 11.8 Å². The number of methoxy groups -OCH3 is 1. The van der Waals surface area contributed by atoms with E-state index in [9.17, 15) is 23.9 Å². The number of ether oxygens (including phenoxy) is 1. The molecule has 0 aliphatic carbocycles. The van der Waals surface area contributed by atoms with Gasteiger partial charge in [-0.2, -0.15) is 0 Å². The normalized spacial score (nSPS) is 32.2. The Morgan fingerprint density at radius 2 is 2.12 bits per heavy atom. The number of carbonyl (C=O) groups is 3. The summed E-state index contributed by atoms with van der Waals surface area (Å²) in [5.74, 6) is -4.43. The number of hydrogen-bond acceptors (Lipinski definition) is 6. The van der Waals surface area contributed by atoms with Gasteiger partial charge >= 0.3 is 5.97 Å². The van der Waals surface area contributed by atoms with Crippen LogP contribution in [0.2, 0.25) is 0 Å². The van der Waals surface area contributed by atoms with Crippen molar-refractivity contribution in [3.05, 3.63) is 35.6 Å². The second-order valence-electron chi connectivity index (χ2n) is 6.04. The van der Waals surface area contributed by atoms with Crippen LogP contribution in [0.1, 0.15) is 11.6 Å². The van der Waals surface area contributed by atoms with Crippen molar-refractivity contribution in [3.8, 4) is 0 Å². The lowest BCUT2D eigenvalue weighted by atomic mass is 9.79. The van der Waals surface area contributed by atoms with Gasteiger partial charge in [0.25, 0.3) is 0 Å². The zero-order chi connectivity index (χ0) is 17.6. The van der Waals surface area contributed by atoms with Crippen molar-refractivity contribution in [3.63, 3.8) is 0 Å². The van der Waals surface area contributed by atoms with E-state index in [0.29, 0.717) is 5.56 Å². The fourth-order valence-electron chi connectivity index (χ4n) is 3.71. The fraction of sp³-hybridized carbons (Fsp3) is 0.438. The first kappa shape index (κ1) is 16.5. The number of nitrogens with one attached hydrogen (secondary N) is 1. The fourth-order valence-corrected chi connectivity index (χ4v) is 3.71. The van der Waals surface area contributed by atoms with Gasteiger partial charge in [-0.15, -0.1) is 0 Å². The van der Waals surface area contributed by atoms with Crippen LogP contribution in [0.25, 0.3) is 0 Å². The standard InChI is InChI=1S/C16H17FN2O5/c1-19-13(21)10-11(14(19)22)16(7-20,15(23)24-2)18-12(10)8-4-3-5-9(17)6-8/h3-6,10-12,18,20H,7H2,1-2H3/t10-,11+,12-,16-/m1/s1. The minimum absolute atomic E-state index is 0.417. The van der Waals surface area contributed by atoms with Crippen LogP contribution >= 0.6 is 0 Å². The Morgan fingerprint density at radius 1 is 1.42 bits per heavy atom. The number of hydrogen-bond donors (Lipinski definition) is 2. The second-order valence-corrected chi connectivity index (χ2v) is 6.04. The zero-order valence-electron chi connectivity index (χ0n) is 13.2. The topological polar surface area (TPSA) is 95.9 Å². The van der Waals surface area contributed by atoms with E-state index in [1.54, 1.807) is 6.07 Å². The molecule has 7 nitrogen and oxygen atoms in total. The molecule has 4 atom stereocenters. The molecule has 1 aromatic carbocycles. The molecule has 2 saturated heterocycles. The first-order valence-electron chi connectivity index (χ1n) is 7.41. The van der Waals surface area contributed by atoms with Gasteiger partial charge in [-0.05, 0) is 17.7 Å². The highest BCUT2D eigenvalue weighted by atomic mass is 19.1. The molecule has 2 heterocycles. The van der Waals surface area contributed by atoms with E-state index in [4.69, 9.17) is 4.74 Å². The highest BCUT2D eigenvalue weighted by molar-refractivity contribution is 6.09. The van der Waals surface area contributed by atoms with Gasteiger partial charge in [0.05, 0.1) is 25.6 Å². The molecule has 2 N–H and O–H groups in total. The summed E-state index contributed by atoms with van der Waals surface area (Å²) in [5, 5.41) is 12.7. The Kier molecular flexibility index (Phi) is 3.89. The number of halogens is 1. The molecule has 0 spiro atoms. The highest BCUT2D eigenvalue weighted by Crippen LogP contribution is 2.48. The van der Waals surface area contributed by atoms with E-state index in [0.717, 1.165) is 12.0 Å². The first-order chi connectivity index (χ1) is 11.4. The number of esters is 1. The number of aliphatic hydroxyl groups is 1. The number of likely N-dealkylation sites (tertiary alicyclic amines) is 1. The van der Waals surface area contributed by atoms with E-state index >= 15 is 0 Å². The molecule has 2 aliphatic heterocycles. The summed E-state index contributed by atoms with van der Waals surface area (Å²) < 4.78 is 18.3. The van der Waals surface area contributed by atoms with Crippen LogP contribution in [-0.4, -0.2) is 54.1 Å². The molecule has 0 bridgehead atoms. The van der Waals surface area contributed by atoms with Crippen molar-refractivity contribution in [1.82, 2.24) is 10.2 Å². The highest BCUT2D eigenvalue weighted by Gasteiger charge is 2.68. The number of benzene rings is 1. The monoisotopic (exact) mass is 336 g/mol. The van der Waals surface area contributed by atoms with E-state index in [1.165, 1.54) is 25.2 Å². The summed E-state index contributed by atoms with van der Waals surface area (Å²) in [5.41, 5.74) is -1.32. The van der Waals surface area contributed by atoms with Crippen molar-refractivity contribution in [2.45, 2.75) is 11.6 Å². The van der Waals surface area contributed by atoms with Gasteiger partial charge in [0.1, 0.15) is 5.82 Å². The lowest BCUT2D eigenvalue weighted by Crippen LogP contribution is -2.58. The summed E-state index contributed by atoms with van der Waals surface area (Å²) in [6, 6.07) is 4.76. The number of imide groups is 1. The third-order valence-corrected chi connectivity index (χ3v) is 4.88. The number of carbonyl (C=O) groups excluding carboxylic acids is 3. The number of nitrogens with zero attached hydrogens (tertiary/aromatic N) is 1. The molecule has 2 fully saturated rings. The molecular formula is C16H17FN2O5. The number of amides is 2. The predicted octanol–water partition coefficient (Wildman–Crippen LogP) is -0.395. The van der Waals surface area contributed by atoms with Gasteiger partial charge in [-0.3, -0.25) is 19.8 Å². The lowest BCUT2D eigenvalue weighted by molar-refractivity contribution is -0.156. The Bertz CT molecular complexity index is 724. The molecular weight excluding hydrogens is 319 g/mol. The third-order valence-electron chi connectivity index (χ3n) is 4.88. The average Bonchev–Trinajstić information content (AvgIpc) is 3.05. The maximum Gasteiger partial charge on any atom is 0.329 e. The SMILES string of the molecule is COC(=O)[C@]1(CO)N[C@H](c2cccc(F)c2)[C@@H]2C(=O)N(C)C(=O)[C@H]21. The van der Waals surface area contributed by atoms with Gasteiger partial charge in [-0.1, -0.05) is 12.1 Å². The first-order valence-corrected chi connectivity index (χ1v) is 7.41. The third kappa shape index (κ3) is 2.06. The van der Waals surface area contributed by atoms with Crippen molar-refractivity contribution < 1.29 is 28.6 Å². The van der Waals surface area contributed by atoms with Crippen LogP contribution < -0.4 is 5.32 Å². The molecule has 0 aromatic heterocycles. The Balaban J connectivity index is 2.14. The van der Waals surface area contributed by atoms with Crippen molar-refractivity contribution in [2.75, 3.05) is 20.8 Å². The summed E-state index contributed by atoms with van der Waals surface area (Å²) in [4.78, 5) is 38.3. The Hall–Kier alpha value is -2.32. The average molecular weight is 336 g/mol. The quantitative estimate of drug-likeness (QED) is 0.576. The molecule has 2 aliphatic rings. The van der Waals surface area contributed by atoms with Gasteiger partial charge < -0.3 is 9.84 Å². The summed E-state index contributed by atoms with van der Waals surface area (Å²) in [6.45, 7) is -0.723. The summed E-state index contributed by atoms with van der Waals surface area (Å²) >= 11 is 0.